The van der Waals surface area contributed by atoms with E-state index in [1.807, 2.05) is 31.2 Å². The van der Waals surface area contributed by atoms with Gasteiger partial charge in [0.25, 0.3) is 0 Å². The summed E-state index contributed by atoms with van der Waals surface area (Å²) in [6.07, 6.45) is 2.38. The van der Waals surface area contributed by atoms with Crippen LogP contribution in [0, 0.1) is 6.92 Å². The molecule has 0 fully saturated rings. The number of para-hydroxylation sites is 1. The molecule has 3 rings (SSSR count). The van der Waals surface area contributed by atoms with Crippen molar-refractivity contribution in [2.75, 3.05) is 10.4 Å². The molecule has 0 saturated carbocycles. The van der Waals surface area contributed by atoms with Crippen molar-refractivity contribution < 1.29 is 14.7 Å². The number of carboxylic acid groups (broad SMARTS) is 1. The van der Waals surface area contributed by atoms with Gasteiger partial charge < -0.3 is 5.11 Å². The van der Waals surface area contributed by atoms with Gasteiger partial charge in [-0.3, -0.25) is 15.2 Å². The number of hydrazine groups is 1. The van der Waals surface area contributed by atoms with Crippen LogP contribution in [0.1, 0.15) is 15.9 Å². The number of carbonyl (C=O) groups excluding carboxylic acids is 1. The van der Waals surface area contributed by atoms with Crippen molar-refractivity contribution in [3.8, 4) is 0 Å². The third kappa shape index (κ3) is 2.89. The highest BCUT2D eigenvalue weighted by atomic mass is 16.4. The quantitative estimate of drug-likeness (QED) is 0.557. The lowest BCUT2D eigenvalue weighted by molar-refractivity contribution is -0.107. The van der Waals surface area contributed by atoms with Gasteiger partial charge in [0.1, 0.15) is 0 Å². The number of pyridine rings is 1. The molecule has 0 unspecified atom stereocenters. The van der Waals surface area contributed by atoms with Crippen LogP contribution in [0.2, 0.25) is 0 Å². The van der Waals surface area contributed by atoms with E-state index in [-0.39, 0.29) is 5.56 Å². The summed E-state index contributed by atoms with van der Waals surface area (Å²) in [6, 6.07) is 13.7. The number of rotatable bonds is 5. The Morgan fingerprint density at radius 1 is 1.17 bits per heavy atom. The van der Waals surface area contributed by atoms with E-state index >= 15 is 0 Å². The Morgan fingerprint density at radius 2 is 1.88 bits per heavy atom. The summed E-state index contributed by atoms with van der Waals surface area (Å²) in [7, 11) is 0. The molecule has 2 N–H and O–H groups in total. The molecule has 0 aliphatic rings. The smallest absolute Gasteiger partial charge is 0.335 e. The van der Waals surface area contributed by atoms with E-state index in [0.717, 1.165) is 22.2 Å². The molecule has 6 heteroatoms. The summed E-state index contributed by atoms with van der Waals surface area (Å²) < 4.78 is 0. The highest BCUT2D eigenvalue weighted by Crippen LogP contribution is 2.26. The van der Waals surface area contributed by atoms with Crippen molar-refractivity contribution in [3.05, 3.63) is 65.9 Å². The molecular formula is C18H15N3O3. The van der Waals surface area contributed by atoms with Crippen molar-refractivity contribution in [2.24, 2.45) is 0 Å². The monoisotopic (exact) mass is 321 g/mol. The van der Waals surface area contributed by atoms with Gasteiger partial charge in [0.2, 0.25) is 6.41 Å². The maximum atomic E-state index is 11.5. The molecule has 0 saturated heterocycles. The van der Waals surface area contributed by atoms with Crippen molar-refractivity contribution in [1.29, 1.82) is 0 Å². The van der Waals surface area contributed by atoms with Crippen LogP contribution >= 0.6 is 0 Å². The molecular weight excluding hydrogens is 306 g/mol. The number of hydrogen-bond acceptors (Lipinski definition) is 4. The number of amides is 1. The highest BCUT2D eigenvalue weighted by molar-refractivity contribution is 5.95. The summed E-state index contributed by atoms with van der Waals surface area (Å²) >= 11 is 0. The molecule has 0 aliphatic heterocycles. The largest absolute Gasteiger partial charge is 0.478 e. The fraction of sp³-hybridized carbons (Fsp3) is 0.0556. The molecule has 3 aromatic rings. The first-order chi connectivity index (χ1) is 11.6. The minimum Gasteiger partial charge on any atom is -0.478 e. The molecule has 0 radical (unpaired) electrons. The molecule has 0 spiro atoms. The van der Waals surface area contributed by atoms with Crippen LogP contribution in [0.15, 0.2) is 54.7 Å². The maximum Gasteiger partial charge on any atom is 0.335 e. The minimum absolute atomic E-state index is 0.162. The number of nitrogens with zero attached hydrogens (tertiary/aromatic N) is 2. The number of nitrogens with one attached hydrogen (secondary N) is 1. The number of fused-ring (bicyclic) bond motifs is 1. The lowest BCUT2D eigenvalue weighted by Gasteiger charge is -2.22. The van der Waals surface area contributed by atoms with E-state index in [0.29, 0.717) is 12.1 Å². The maximum absolute atomic E-state index is 11.5. The Morgan fingerprint density at radius 3 is 2.54 bits per heavy atom. The van der Waals surface area contributed by atoms with Crippen LogP contribution in [0.4, 0.5) is 11.4 Å². The molecule has 0 atom stereocenters. The third-order valence-electron chi connectivity index (χ3n) is 3.70. The van der Waals surface area contributed by atoms with E-state index in [4.69, 9.17) is 5.11 Å². The zero-order valence-electron chi connectivity index (χ0n) is 12.9. The molecule has 0 aliphatic carbocycles. The summed E-state index contributed by atoms with van der Waals surface area (Å²) in [5.41, 5.74) is 6.26. The zero-order valence-corrected chi connectivity index (χ0v) is 12.9. The molecule has 1 amide bonds. The zero-order chi connectivity index (χ0) is 17.1. The molecule has 2 aromatic carbocycles. The van der Waals surface area contributed by atoms with Gasteiger partial charge in [-0.25, -0.2) is 9.80 Å². The Kier molecular flexibility index (Phi) is 4.11. The molecule has 0 bridgehead atoms. The van der Waals surface area contributed by atoms with E-state index in [2.05, 4.69) is 10.4 Å². The van der Waals surface area contributed by atoms with Crippen LogP contribution in [-0.4, -0.2) is 22.5 Å². The van der Waals surface area contributed by atoms with Crippen LogP contribution < -0.4 is 10.4 Å². The fourth-order valence-electron chi connectivity index (χ4n) is 2.43. The number of benzene rings is 2. The Bertz CT molecular complexity index is 907. The summed E-state index contributed by atoms with van der Waals surface area (Å²) in [6.45, 7) is 1.90. The van der Waals surface area contributed by atoms with Gasteiger partial charge in [0.15, 0.2) is 0 Å². The molecule has 6 nitrogen and oxygen atoms in total. The number of hydrogen-bond donors (Lipinski definition) is 2. The number of aromatic nitrogens is 1. The number of aryl methyl sites for hydroxylation is 1. The molecule has 1 aromatic heterocycles. The fourth-order valence-corrected chi connectivity index (χ4v) is 2.43. The van der Waals surface area contributed by atoms with Crippen LogP contribution in [0.5, 0.6) is 0 Å². The van der Waals surface area contributed by atoms with Crippen molar-refractivity contribution in [3.63, 3.8) is 0 Å². The van der Waals surface area contributed by atoms with Crippen molar-refractivity contribution in [1.82, 2.24) is 4.98 Å². The predicted octanol–water partition coefficient (Wildman–Crippen LogP) is 3.23. The van der Waals surface area contributed by atoms with Crippen molar-refractivity contribution >= 4 is 34.7 Å². The minimum atomic E-state index is -1.01. The number of carboxylic acids is 1. The van der Waals surface area contributed by atoms with Gasteiger partial charge in [0, 0.05) is 11.6 Å². The first kappa shape index (κ1) is 15.5. The van der Waals surface area contributed by atoms with Gasteiger partial charge in [0.05, 0.1) is 22.5 Å². The number of carbonyl (C=O) groups is 2. The lowest BCUT2D eigenvalue weighted by Crippen LogP contribution is -2.28. The summed E-state index contributed by atoms with van der Waals surface area (Å²) in [5.74, 6) is -1.01. The first-order valence-corrected chi connectivity index (χ1v) is 7.29. The summed E-state index contributed by atoms with van der Waals surface area (Å²) in [5, 5.41) is 11.2. The molecule has 120 valence electrons. The van der Waals surface area contributed by atoms with Crippen molar-refractivity contribution in [2.45, 2.75) is 6.92 Å². The SMILES string of the molecule is Cc1cnc2ccccc2c1NN(C=O)c1ccc(C(=O)O)cc1. The standard InChI is InChI=1S/C18H15N3O3/c1-12-10-19-16-5-3-2-4-15(16)17(12)20-21(11-22)14-8-6-13(7-9-14)18(23)24/h2-11H,1H3,(H,19,20)(H,23,24). The lowest BCUT2D eigenvalue weighted by atomic mass is 10.1. The molecule has 1 heterocycles. The average molecular weight is 321 g/mol. The second-order valence-corrected chi connectivity index (χ2v) is 5.27. The number of aromatic carboxylic acids is 1. The Balaban J connectivity index is 1.98. The number of anilines is 2. The third-order valence-corrected chi connectivity index (χ3v) is 3.70. The van der Waals surface area contributed by atoms with Crippen LogP contribution in [0.25, 0.3) is 10.9 Å². The predicted molar refractivity (Wildman–Crippen MR) is 92.0 cm³/mol. The first-order valence-electron chi connectivity index (χ1n) is 7.29. The van der Waals surface area contributed by atoms with Gasteiger partial charge in [-0.2, -0.15) is 0 Å². The van der Waals surface area contributed by atoms with Gasteiger partial charge >= 0.3 is 5.97 Å². The van der Waals surface area contributed by atoms with Gasteiger partial charge in [-0.05, 0) is 42.8 Å². The van der Waals surface area contributed by atoms with Gasteiger partial charge in [-0.1, -0.05) is 18.2 Å². The summed E-state index contributed by atoms with van der Waals surface area (Å²) in [4.78, 5) is 26.8. The Hall–Kier alpha value is -3.41. The van der Waals surface area contributed by atoms with Crippen LogP contribution in [0.3, 0.4) is 0 Å². The Labute approximate surface area is 138 Å². The van der Waals surface area contributed by atoms with E-state index in [1.54, 1.807) is 18.3 Å². The van der Waals surface area contributed by atoms with E-state index in [9.17, 15) is 9.59 Å². The molecule has 24 heavy (non-hydrogen) atoms. The normalized spacial score (nSPS) is 10.4. The van der Waals surface area contributed by atoms with E-state index in [1.165, 1.54) is 17.1 Å². The second kappa shape index (κ2) is 6.37. The van der Waals surface area contributed by atoms with Gasteiger partial charge in [-0.15, -0.1) is 0 Å². The second-order valence-electron chi connectivity index (χ2n) is 5.27. The average Bonchev–Trinajstić information content (AvgIpc) is 2.61. The topological polar surface area (TPSA) is 82.5 Å². The highest BCUT2D eigenvalue weighted by Gasteiger charge is 2.11. The van der Waals surface area contributed by atoms with Crippen LogP contribution in [-0.2, 0) is 4.79 Å². The van der Waals surface area contributed by atoms with E-state index < -0.39 is 5.97 Å².